The molecule has 0 aliphatic carbocycles. The first-order valence-corrected chi connectivity index (χ1v) is 8.25. The Hall–Kier alpha value is -1.66. The van der Waals surface area contributed by atoms with Crippen LogP contribution in [-0.2, 0) is 21.4 Å². The summed E-state index contributed by atoms with van der Waals surface area (Å²) < 4.78 is 25.4. The maximum absolute atomic E-state index is 12.0. The fraction of sp³-hybridized carbons (Fsp3) is 0.400. The molecule has 1 aromatic carbocycles. The molecule has 0 aromatic heterocycles. The summed E-state index contributed by atoms with van der Waals surface area (Å²) in [4.78, 5) is 10.4. The van der Waals surface area contributed by atoms with E-state index in [1.165, 1.54) is 10.4 Å². The SMILES string of the molecule is CC(C)CS(=O)(=O)N(C)Cc1ccc(C=CC(=O)O)cc1. The summed E-state index contributed by atoms with van der Waals surface area (Å²) >= 11 is 0. The number of sulfonamides is 1. The molecule has 0 radical (unpaired) electrons. The van der Waals surface area contributed by atoms with Crippen molar-refractivity contribution in [3.05, 3.63) is 41.5 Å². The fourth-order valence-electron chi connectivity index (χ4n) is 1.81. The van der Waals surface area contributed by atoms with E-state index in [-0.39, 0.29) is 11.7 Å². The molecule has 1 rings (SSSR count). The van der Waals surface area contributed by atoms with Crippen LogP contribution in [0.25, 0.3) is 6.08 Å². The van der Waals surface area contributed by atoms with E-state index in [4.69, 9.17) is 5.11 Å². The van der Waals surface area contributed by atoms with Crippen LogP contribution in [0.15, 0.2) is 30.3 Å². The van der Waals surface area contributed by atoms with E-state index in [9.17, 15) is 13.2 Å². The lowest BCUT2D eigenvalue weighted by Gasteiger charge is -2.18. The van der Waals surface area contributed by atoms with Crippen molar-refractivity contribution in [3.63, 3.8) is 0 Å². The molecule has 0 saturated carbocycles. The monoisotopic (exact) mass is 311 g/mol. The van der Waals surface area contributed by atoms with Crippen molar-refractivity contribution < 1.29 is 18.3 Å². The second kappa shape index (κ2) is 7.38. The third-order valence-corrected chi connectivity index (χ3v) is 4.99. The van der Waals surface area contributed by atoms with Crippen molar-refractivity contribution in [3.8, 4) is 0 Å². The molecule has 0 heterocycles. The Kier molecular flexibility index (Phi) is 6.11. The second-order valence-electron chi connectivity index (χ2n) is 5.34. The normalized spacial score (nSPS) is 12.4. The van der Waals surface area contributed by atoms with Crippen LogP contribution >= 0.6 is 0 Å². The van der Waals surface area contributed by atoms with Gasteiger partial charge in [-0.15, -0.1) is 0 Å². The van der Waals surface area contributed by atoms with Crippen molar-refractivity contribution >= 4 is 22.1 Å². The van der Waals surface area contributed by atoms with Gasteiger partial charge in [-0.3, -0.25) is 0 Å². The Labute approximate surface area is 126 Å². The van der Waals surface area contributed by atoms with Gasteiger partial charge in [0.25, 0.3) is 0 Å². The van der Waals surface area contributed by atoms with Crippen molar-refractivity contribution in [1.82, 2.24) is 4.31 Å². The smallest absolute Gasteiger partial charge is 0.328 e. The highest BCUT2D eigenvalue weighted by Gasteiger charge is 2.19. The van der Waals surface area contributed by atoms with E-state index < -0.39 is 16.0 Å². The lowest BCUT2D eigenvalue weighted by molar-refractivity contribution is -0.131. The summed E-state index contributed by atoms with van der Waals surface area (Å²) in [5.74, 6) is -0.789. The van der Waals surface area contributed by atoms with Crippen molar-refractivity contribution in [2.45, 2.75) is 20.4 Å². The molecule has 6 heteroatoms. The summed E-state index contributed by atoms with van der Waals surface area (Å²) in [6.45, 7) is 4.04. The summed E-state index contributed by atoms with van der Waals surface area (Å²) in [6, 6.07) is 7.11. The summed E-state index contributed by atoms with van der Waals surface area (Å²) in [7, 11) is -1.68. The van der Waals surface area contributed by atoms with Crippen LogP contribution in [0.4, 0.5) is 0 Å². The molecule has 0 aliphatic heterocycles. The van der Waals surface area contributed by atoms with Gasteiger partial charge in [0.1, 0.15) is 0 Å². The van der Waals surface area contributed by atoms with Gasteiger partial charge in [-0.2, -0.15) is 0 Å². The largest absolute Gasteiger partial charge is 0.478 e. The highest BCUT2D eigenvalue weighted by atomic mass is 32.2. The van der Waals surface area contributed by atoms with Gasteiger partial charge in [0.15, 0.2) is 0 Å². The molecule has 5 nitrogen and oxygen atoms in total. The van der Waals surface area contributed by atoms with Crippen molar-refractivity contribution in [1.29, 1.82) is 0 Å². The molecule has 0 saturated heterocycles. The predicted octanol–water partition coefficient (Wildman–Crippen LogP) is 2.20. The average molecular weight is 311 g/mol. The topological polar surface area (TPSA) is 74.7 Å². The van der Waals surface area contributed by atoms with E-state index in [0.717, 1.165) is 17.2 Å². The highest BCUT2D eigenvalue weighted by Crippen LogP contribution is 2.12. The van der Waals surface area contributed by atoms with Crippen LogP contribution in [0.2, 0.25) is 0 Å². The van der Waals surface area contributed by atoms with Gasteiger partial charge >= 0.3 is 5.97 Å². The number of hydrogen-bond acceptors (Lipinski definition) is 3. The molecule has 0 aliphatic rings. The molecule has 0 fully saturated rings. The minimum absolute atomic E-state index is 0.0842. The van der Waals surface area contributed by atoms with E-state index in [1.54, 1.807) is 31.3 Å². The minimum atomic E-state index is -3.25. The number of benzene rings is 1. The lowest BCUT2D eigenvalue weighted by atomic mass is 10.1. The molecule has 0 spiro atoms. The van der Waals surface area contributed by atoms with Crippen LogP contribution in [0.3, 0.4) is 0 Å². The first-order chi connectivity index (χ1) is 9.70. The molecule has 1 N–H and O–H groups in total. The van der Waals surface area contributed by atoms with Gasteiger partial charge in [-0.05, 0) is 23.1 Å². The molecule has 0 amide bonds. The quantitative estimate of drug-likeness (QED) is 0.783. The number of carboxylic acid groups (broad SMARTS) is 1. The fourth-order valence-corrected chi connectivity index (χ4v) is 3.25. The highest BCUT2D eigenvalue weighted by molar-refractivity contribution is 7.89. The maximum Gasteiger partial charge on any atom is 0.328 e. The molecule has 0 unspecified atom stereocenters. The van der Waals surface area contributed by atoms with E-state index in [2.05, 4.69) is 0 Å². The molecule has 116 valence electrons. The lowest BCUT2D eigenvalue weighted by Crippen LogP contribution is -2.30. The molecule has 21 heavy (non-hydrogen) atoms. The van der Waals surface area contributed by atoms with Gasteiger partial charge in [-0.1, -0.05) is 38.1 Å². The Morgan fingerprint density at radius 1 is 1.29 bits per heavy atom. The molecular formula is C15H21NO4S. The number of carboxylic acids is 1. The summed E-state index contributed by atoms with van der Waals surface area (Å²) in [5, 5.41) is 8.55. The van der Waals surface area contributed by atoms with Gasteiger partial charge < -0.3 is 5.11 Å². The van der Waals surface area contributed by atoms with Gasteiger partial charge in [-0.25, -0.2) is 17.5 Å². The number of nitrogens with zero attached hydrogens (tertiary/aromatic N) is 1. The minimum Gasteiger partial charge on any atom is -0.478 e. The molecular weight excluding hydrogens is 290 g/mol. The van der Waals surface area contributed by atoms with Crippen molar-refractivity contribution in [2.75, 3.05) is 12.8 Å². The van der Waals surface area contributed by atoms with E-state index in [1.807, 2.05) is 13.8 Å². The van der Waals surface area contributed by atoms with Gasteiger partial charge in [0.05, 0.1) is 5.75 Å². The third kappa shape index (κ3) is 6.10. The Morgan fingerprint density at radius 2 is 1.86 bits per heavy atom. The van der Waals surface area contributed by atoms with E-state index in [0.29, 0.717) is 6.54 Å². The van der Waals surface area contributed by atoms with Crippen LogP contribution in [0, 0.1) is 5.92 Å². The number of hydrogen-bond donors (Lipinski definition) is 1. The third-order valence-electron chi connectivity index (χ3n) is 2.82. The van der Waals surface area contributed by atoms with Gasteiger partial charge in [0, 0.05) is 19.7 Å². The summed E-state index contributed by atoms with van der Waals surface area (Å²) in [5.41, 5.74) is 1.62. The van der Waals surface area contributed by atoms with Crippen LogP contribution in [0.5, 0.6) is 0 Å². The Morgan fingerprint density at radius 3 is 2.33 bits per heavy atom. The zero-order valence-corrected chi connectivity index (χ0v) is 13.3. The summed E-state index contributed by atoms with van der Waals surface area (Å²) in [6.07, 6.45) is 2.56. The van der Waals surface area contributed by atoms with Gasteiger partial charge in [0.2, 0.25) is 10.0 Å². The second-order valence-corrected chi connectivity index (χ2v) is 7.46. The Bertz CT molecular complexity index is 603. The zero-order chi connectivity index (χ0) is 16.0. The first-order valence-electron chi connectivity index (χ1n) is 6.64. The standard InChI is InChI=1S/C15H21NO4S/c1-12(2)11-21(19,20)16(3)10-14-6-4-13(5-7-14)8-9-15(17)18/h4-9,12H,10-11H2,1-3H3,(H,17,18). The molecule has 1 aromatic rings. The van der Waals surface area contributed by atoms with Crippen LogP contribution < -0.4 is 0 Å². The Balaban J connectivity index is 2.74. The first kappa shape index (κ1) is 17.4. The molecule has 0 atom stereocenters. The number of rotatable bonds is 7. The maximum atomic E-state index is 12.0. The van der Waals surface area contributed by atoms with Crippen LogP contribution in [0.1, 0.15) is 25.0 Å². The molecule has 0 bridgehead atoms. The number of carbonyl (C=O) groups is 1. The van der Waals surface area contributed by atoms with Crippen molar-refractivity contribution in [2.24, 2.45) is 5.92 Å². The van der Waals surface area contributed by atoms with E-state index >= 15 is 0 Å². The van der Waals surface area contributed by atoms with Crippen LogP contribution in [-0.4, -0.2) is 36.6 Å². The number of aliphatic carboxylic acids is 1. The zero-order valence-electron chi connectivity index (χ0n) is 12.5. The predicted molar refractivity (Wildman–Crippen MR) is 83.2 cm³/mol. The average Bonchev–Trinajstić information content (AvgIpc) is 2.36.